The fourth-order valence-electron chi connectivity index (χ4n) is 1.75. The van der Waals surface area contributed by atoms with Crippen LogP contribution in [0.3, 0.4) is 0 Å². The average molecular weight is 256 g/mol. The average Bonchev–Trinajstić information content (AvgIpc) is 2.70. The van der Waals surface area contributed by atoms with Gasteiger partial charge in [-0.3, -0.25) is 4.98 Å². The van der Waals surface area contributed by atoms with Crippen LogP contribution in [0.1, 0.15) is 31.4 Å². The molecule has 0 saturated heterocycles. The molecule has 1 aromatic heterocycles. The zero-order chi connectivity index (χ0) is 9.80. The zero-order valence-electron chi connectivity index (χ0n) is 8.08. The number of hydrogen-bond donors (Lipinski definition) is 0. The summed E-state index contributed by atoms with van der Waals surface area (Å²) in [7, 11) is 0. The lowest BCUT2D eigenvalue weighted by Gasteiger charge is -2.10. The summed E-state index contributed by atoms with van der Waals surface area (Å²) in [6, 6.07) is 4.00. The van der Waals surface area contributed by atoms with Crippen molar-refractivity contribution in [3.05, 3.63) is 28.5 Å². The second-order valence-corrected chi connectivity index (χ2v) is 4.60. The molecule has 0 aromatic carbocycles. The molecule has 0 unspecified atom stereocenters. The van der Waals surface area contributed by atoms with Crippen molar-refractivity contribution in [1.29, 1.82) is 0 Å². The molecule has 0 atom stereocenters. The van der Waals surface area contributed by atoms with Crippen LogP contribution in [-0.4, -0.2) is 11.1 Å². The maximum absolute atomic E-state index is 5.75. The van der Waals surface area contributed by atoms with Gasteiger partial charge in [0.2, 0.25) is 0 Å². The van der Waals surface area contributed by atoms with Crippen LogP contribution in [0.4, 0.5) is 0 Å². The summed E-state index contributed by atoms with van der Waals surface area (Å²) in [5, 5.41) is 0. The summed E-state index contributed by atoms with van der Waals surface area (Å²) in [5.74, 6) is 0. The lowest BCUT2D eigenvalue weighted by atomic mass is 10.3. The molecule has 3 heteroatoms. The molecule has 0 bridgehead atoms. The van der Waals surface area contributed by atoms with Crippen LogP contribution in [0.15, 0.2) is 22.8 Å². The Bertz CT molecular complexity index is 280. The van der Waals surface area contributed by atoms with Crippen LogP contribution in [-0.2, 0) is 11.3 Å². The highest BCUT2D eigenvalue weighted by atomic mass is 79.9. The summed E-state index contributed by atoms with van der Waals surface area (Å²) in [4.78, 5) is 4.27. The Morgan fingerprint density at radius 3 is 2.79 bits per heavy atom. The minimum atomic E-state index is 0.473. The smallest absolute Gasteiger partial charge is 0.0891 e. The molecule has 1 aromatic rings. The predicted octanol–water partition coefficient (Wildman–Crippen LogP) is 3.30. The van der Waals surface area contributed by atoms with Crippen LogP contribution in [0.5, 0.6) is 0 Å². The van der Waals surface area contributed by atoms with Gasteiger partial charge in [0, 0.05) is 10.7 Å². The van der Waals surface area contributed by atoms with Gasteiger partial charge in [0.05, 0.1) is 18.4 Å². The van der Waals surface area contributed by atoms with Gasteiger partial charge in [-0.05, 0) is 40.9 Å². The molecule has 1 aliphatic rings. The third-order valence-electron chi connectivity index (χ3n) is 2.56. The predicted molar refractivity (Wildman–Crippen MR) is 59.0 cm³/mol. The highest BCUT2D eigenvalue weighted by Gasteiger charge is 2.15. The quantitative estimate of drug-likeness (QED) is 0.827. The second-order valence-electron chi connectivity index (χ2n) is 3.69. The van der Waals surface area contributed by atoms with Crippen LogP contribution in [0.2, 0.25) is 0 Å². The van der Waals surface area contributed by atoms with Gasteiger partial charge in [-0.15, -0.1) is 0 Å². The first-order chi connectivity index (χ1) is 6.84. The minimum absolute atomic E-state index is 0.473. The van der Waals surface area contributed by atoms with E-state index in [1.807, 2.05) is 18.3 Å². The van der Waals surface area contributed by atoms with Gasteiger partial charge in [0.25, 0.3) is 0 Å². The lowest BCUT2D eigenvalue weighted by molar-refractivity contribution is 0.0438. The topological polar surface area (TPSA) is 22.1 Å². The Labute approximate surface area is 92.8 Å². The van der Waals surface area contributed by atoms with E-state index in [0.29, 0.717) is 12.7 Å². The number of rotatable bonds is 3. The van der Waals surface area contributed by atoms with Crippen LogP contribution in [0, 0.1) is 0 Å². The summed E-state index contributed by atoms with van der Waals surface area (Å²) < 4.78 is 6.77. The maximum atomic E-state index is 5.75. The molecule has 1 fully saturated rings. The largest absolute Gasteiger partial charge is 0.372 e. The van der Waals surface area contributed by atoms with Gasteiger partial charge in [-0.2, -0.15) is 0 Å². The Morgan fingerprint density at radius 2 is 2.14 bits per heavy atom. The number of hydrogen-bond acceptors (Lipinski definition) is 2. The molecule has 1 saturated carbocycles. The maximum Gasteiger partial charge on any atom is 0.0891 e. The number of nitrogens with zero attached hydrogens (tertiary/aromatic N) is 1. The van der Waals surface area contributed by atoms with Gasteiger partial charge in [-0.25, -0.2) is 0 Å². The van der Waals surface area contributed by atoms with E-state index < -0.39 is 0 Å². The number of ether oxygens (including phenoxy) is 1. The van der Waals surface area contributed by atoms with E-state index in [1.54, 1.807) is 0 Å². The van der Waals surface area contributed by atoms with E-state index in [1.165, 1.54) is 25.7 Å². The molecular weight excluding hydrogens is 242 g/mol. The van der Waals surface area contributed by atoms with Crippen molar-refractivity contribution in [2.75, 3.05) is 0 Å². The van der Waals surface area contributed by atoms with Crippen molar-refractivity contribution in [2.45, 2.75) is 38.4 Å². The number of pyridine rings is 1. The highest BCUT2D eigenvalue weighted by molar-refractivity contribution is 9.10. The molecule has 1 aliphatic carbocycles. The third kappa shape index (κ3) is 2.79. The molecule has 1 heterocycles. The molecule has 0 radical (unpaired) electrons. The van der Waals surface area contributed by atoms with Gasteiger partial charge < -0.3 is 4.74 Å². The van der Waals surface area contributed by atoms with Crippen molar-refractivity contribution in [3.8, 4) is 0 Å². The van der Waals surface area contributed by atoms with Gasteiger partial charge in [0.1, 0.15) is 0 Å². The van der Waals surface area contributed by atoms with Crippen molar-refractivity contribution < 1.29 is 4.74 Å². The van der Waals surface area contributed by atoms with Crippen molar-refractivity contribution in [1.82, 2.24) is 4.98 Å². The van der Waals surface area contributed by atoms with Crippen molar-refractivity contribution in [2.24, 2.45) is 0 Å². The first-order valence-electron chi connectivity index (χ1n) is 5.06. The molecule has 0 N–H and O–H groups in total. The molecule has 0 spiro atoms. The van der Waals surface area contributed by atoms with E-state index in [0.717, 1.165) is 10.2 Å². The third-order valence-corrected chi connectivity index (χ3v) is 3.03. The van der Waals surface area contributed by atoms with Gasteiger partial charge in [-0.1, -0.05) is 12.8 Å². The Balaban J connectivity index is 1.82. The van der Waals surface area contributed by atoms with Gasteiger partial charge >= 0.3 is 0 Å². The fraction of sp³-hybridized carbons (Fsp3) is 0.545. The summed E-state index contributed by atoms with van der Waals surface area (Å²) >= 11 is 3.36. The number of halogens is 1. The molecule has 2 rings (SSSR count). The fourth-order valence-corrected chi connectivity index (χ4v) is 1.98. The Kier molecular flexibility index (Phi) is 3.54. The molecule has 2 nitrogen and oxygen atoms in total. The lowest BCUT2D eigenvalue weighted by Crippen LogP contribution is -2.07. The van der Waals surface area contributed by atoms with Crippen LogP contribution >= 0.6 is 15.9 Å². The van der Waals surface area contributed by atoms with Crippen molar-refractivity contribution in [3.63, 3.8) is 0 Å². The van der Waals surface area contributed by atoms with E-state index in [2.05, 4.69) is 20.9 Å². The standard InChI is InChI=1S/C11H14BrNO/c12-9-5-6-10(13-7-9)8-14-11-3-1-2-4-11/h5-7,11H,1-4,8H2. The first kappa shape index (κ1) is 10.1. The normalized spacial score (nSPS) is 17.5. The second kappa shape index (κ2) is 4.89. The Hall–Kier alpha value is -0.410. The van der Waals surface area contributed by atoms with Crippen LogP contribution in [0.25, 0.3) is 0 Å². The van der Waals surface area contributed by atoms with E-state index in [9.17, 15) is 0 Å². The monoisotopic (exact) mass is 255 g/mol. The van der Waals surface area contributed by atoms with E-state index >= 15 is 0 Å². The van der Waals surface area contributed by atoms with E-state index in [4.69, 9.17) is 4.74 Å². The van der Waals surface area contributed by atoms with Crippen molar-refractivity contribution >= 4 is 15.9 Å². The summed E-state index contributed by atoms with van der Waals surface area (Å²) in [5.41, 5.74) is 1.01. The summed E-state index contributed by atoms with van der Waals surface area (Å²) in [6.45, 7) is 0.651. The summed E-state index contributed by atoms with van der Waals surface area (Å²) in [6.07, 6.45) is 7.36. The first-order valence-corrected chi connectivity index (χ1v) is 5.86. The number of aromatic nitrogens is 1. The molecule has 0 amide bonds. The Morgan fingerprint density at radius 1 is 1.36 bits per heavy atom. The van der Waals surface area contributed by atoms with Gasteiger partial charge in [0.15, 0.2) is 0 Å². The van der Waals surface area contributed by atoms with E-state index in [-0.39, 0.29) is 0 Å². The molecule has 14 heavy (non-hydrogen) atoms. The van der Waals surface area contributed by atoms with Crippen LogP contribution < -0.4 is 0 Å². The SMILES string of the molecule is Brc1ccc(COC2CCCC2)nc1. The minimum Gasteiger partial charge on any atom is -0.372 e. The highest BCUT2D eigenvalue weighted by Crippen LogP contribution is 2.21. The molecule has 76 valence electrons. The molecule has 0 aliphatic heterocycles. The molecular formula is C11H14BrNO. The zero-order valence-corrected chi connectivity index (χ0v) is 9.66.